The Hall–Kier alpha value is -2.28. The largest absolute Gasteiger partial charge is 0.454 e. The molecule has 0 aromatic heterocycles. The topological polar surface area (TPSA) is 79.3 Å². The summed E-state index contributed by atoms with van der Waals surface area (Å²) in [6.07, 6.45) is 0.881. The highest BCUT2D eigenvalue weighted by atomic mass is 16.7. The number of ether oxygens (including phenoxy) is 2. The van der Waals surface area contributed by atoms with Crippen LogP contribution < -0.4 is 9.47 Å². The number of benzene rings is 1. The Kier molecular flexibility index (Phi) is 4.38. The Bertz CT molecular complexity index is 618. The number of likely N-dealkylation sites (N-methyl/N-ethyl adjacent to an activating group) is 1. The molecule has 23 heavy (non-hydrogen) atoms. The third-order valence-electron chi connectivity index (χ3n) is 4.21. The van der Waals surface area contributed by atoms with Crippen LogP contribution in [0.5, 0.6) is 11.5 Å². The van der Waals surface area contributed by atoms with Crippen LogP contribution in [-0.2, 0) is 16.1 Å². The van der Waals surface area contributed by atoms with Crippen molar-refractivity contribution < 1.29 is 24.2 Å². The summed E-state index contributed by atoms with van der Waals surface area (Å²) in [7, 11) is 1.64. The number of aliphatic hydroxyl groups excluding tert-OH is 1. The van der Waals surface area contributed by atoms with Crippen molar-refractivity contribution in [3.05, 3.63) is 23.8 Å². The van der Waals surface area contributed by atoms with Gasteiger partial charge in [-0.3, -0.25) is 9.59 Å². The van der Waals surface area contributed by atoms with Crippen molar-refractivity contribution in [2.24, 2.45) is 0 Å². The third-order valence-corrected chi connectivity index (χ3v) is 4.21. The van der Waals surface area contributed by atoms with E-state index in [0.717, 1.165) is 5.56 Å². The fourth-order valence-corrected chi connectivity index (χ4v) is 2.94. The first-order valence-corrected chi connectivity index (χ1v) is 7.64. The lowest BCUT2D eigenvalue weighted by Gasteiger charge is -2.28. The van der Waals surface area contributed by atoms with Crippen LogP contribution in [0.2, 0.25) is 0 Å². The second-order valence-corrected chi connectivity index (χ2v) is 5.75. The molecule has 1 atom stereocenters. The van der Waals surface area contributed by atoms with Crippen molar-refractivity contribution in [1.82, 2.24) is 9.80 Å². The second kappa shape index (κ2) is 6.45. The number of rotatable bonds is 5. The highest BCUT2D eigenvalue weighted by Gasteiger charge is 2.37. The van der Waals surface area contributed by atoms with E-state index in [9.17, 15) is 9.59 Å². The maximum absolute atomic E-state index is 12.4. The number of carbonyl (C=O) groups excluding carboxylic acids is 2. The van der Waals surface area contributed by atoms with Gasteiger partial charge in [-0.05, 0) is 24.1 Å². The van der Waals surface area contributed by atoms with E-state index in [0.29, 0.717) is 30.9 Å². The van der Waals surface area contributed by atoms with E-state index in [4.69, 9.17) is 14.6 Å². The summed E-state index contributed by atoms with van der Waals surface area (Å²) in [4.78, 5) is 27.7. The predicted molar refractivity (Wildman–Crippen MR) is 80.9 cm³/mol. The van der Waals surface area contributed by atoms with Gasteiger partial charge in [0.2, 0.25) is 18.6 Å². The average Bonchev–Trinajstić information content (AvgIpc) is 3.14. The lowest BCUT2D eigenvalue weighted by atomic mass is 10.1. The maximum atomic E-state index is 12.4. The summed E-state index contributed by atoms with van der Waals surface area (Å²) in [6, 6.07) is 5.06. The van der Waals surface area contributed by atoms with Gasteiger partial charge >= 0.3 is 0 Å². The normalized spacial score (nSPS) is 19.3. The molecule has 1 N–H and O–H groups in total. The Balaban J connectivity index is 1.74. The molecule has 2 aliphatic heterocycles. The molecule has 1 saturated heterocycles. The van der Waals surface area contributed by atoms with E-state index in [1.807, 2.05) is 18.2 Å². The van der Waals surface area contributed by atoms with Gasteiger partial charge in [-0.2, -0.15) is 0 Å². The standard InChI is InChI=1S/C16H20N2O5/c1-17(6-7-19)16(21)12-3-5-15(20)18(12)9-11-2-4-13-14(8-11)23-10-22-13/h2,4,8,12,19H,3,5-7,9-10H2,1H3. The van der Waals surface area contributed by atoms with Crippen LogP contribution in [0.3, 0.4) is 0 Å². The molecule has 0 aliphatic carbocycles. The zero-order valence-electron chi connectivity index (χ0n) is 13.0. The smallest absolute Gasteiger partial charge is 0.245 e. The van der Waals surface area contributed by atoms with Gasteiger partial charge in [0.25, 0.3) is 0 Å². The molecule has 2 amide bonds. The van der Waals surface area contributed by atoms with Crippen LogP contribution >= 0.6 is 0 Å². The summed E-state index contributed by atoms with van der Waals surface area (Å²) in [5.74, 6) is 1.19. The molecule has 1 unspecified atom stereocenters. The first-order chi connectivity index (χ1) is 11.1. The molecule has 0 saturated carbocycles. The Morgan fingerprint density at radius 3 is 2.96 bits per heavy atom. The zero-order valence-corrected chi connectivity index (χ0v) is 13.0. The van der Waals surface area contributed by atoms with Crippen LogP contribution in [0.1, 0.15) is 18.4 Å². The number of carbonyl (C=O) groups is 2. The highest BCUT2D eigenvalue weighted by molar-refractivity contribution is 5.90. The zero-order chi connectivity index (χ0) is 16.4. The number of nitrogens with zero attached hydrogens (tertiary/aromatic N) is 2. The number of aliphatic hydroxyl groups is 1. The monoisotopic (exact) mass is 320 g/mol. The van der Waals surface area contributed by atoms with E-state index in [1.54, 1.807) is 11.9 Å². The Morgan fingerprint density at radius 2 is 2.17 bits per heavy atom. The second-order valence-electron chi connectivity index (χ2n) is 5.75. The minimum absolute atomic E-state index is 0.0292. The lowest BCUT2D eigenvalue weighted by molar-refractivity contribution is -0.141. The van der Waals surface area contributed by atoms with E-state index in [2.05, 4.69) is 0 Å². The predicted octanol–water partition coefficient (Wildman–Crippen LogP) is 0.357. The van der Waals surface area contributed by atoms with Gasteiger partial charge in [-0.25, -0.2) is 0 Å². The molecule has 1 aromatic rings. The fourth-order valence-electron chi connectivity index (χ4n) is 2.94. The first kappa shape index (κ1) is 15.6. The molecule has 7 nitrogen and oxygen atoms in total. The molecule has 1 aromatic carbocycles. The van der Waals surface area contributed by atoms with Gasteiger partial charge in [0, 0.05) is 26.6 Å². The van der Waals surface area contributed by atoms with Gasteiger partial charge in [0.1, 0.15) is 6.04 Å². The number of amides is 2. The summed E-state index contributed by atoms with van der Waals surface area (Å²) in [5, 5.41) is 8.97. The van der Waals surface area contributed by atoms with Crippen molar-refractivity contribution in [1.29, 1.82) is 0 Å². The van der Waals surface area contributed by atoms with Crippen molar-refractivity contribution in [2.45, 2.75) is 25.4 Å². The lowest BCUT2D eigenvalue weighted by Crippen LogP contribution is -2.45. The van der Waals surface area contributed by atoms with E-state index >= 15 is 0 Å². The maximum Gasteiger partial charge on any atom is 0.245 e. The number of hydrogen-bond acceptors (Lipinski definition) is 5. The van der Waals surface area contributed by atoms with Gasteiger partial charge < -0.3 is 24.4 Å². The first-order valence-electron chi connectivity index (χ1n) is 7.64. The van der Waals surface area contributed by atoms with Crippen LogP contribution in [0.4, 0.5) is 0 Å². The summed E-state index contributed by atoms with van der Waals surface area (Å²) < 4.78 is 10.6. The molecular formula is C16H20N2O5. The minimum atomic E-state index is -0.468. The van der Waals surface area contributed by atoms with Gasteiger partial charge in [-0.15, -0.1) is 0 Å². The van der Waals surface area contributed by atoms with Crippen LogP contribution in [0.25, 0.3) is 0 Å². The van der Waals surface area contributed by atoms with E-state index in [-0.39, 0.29) is 31.8 Å². The molecule has 1 fully saturated rings. The molecule has 124 valence electrons. The van der Waals surface area contributed by atoms with Crippen LogP contribution in [0, 0.1) is 0 Å². The number of fused-ring (bicyclic) bond motifs is 1. The Morgan fingerprint density at radius 1 is 1.39 bits per heavy atom. The quantitative estimate of drug-likeness (QED) is 0.847. The molecule has 7 heteroatoms. The molecule has 3 rings (SSSR count). The molecule has 0 radical (unpaired) electrons. The molecular weight excluding hydrogens is 300 g/mol. The van der Waals surface area contributed by atoms with Crippen molar-refractivity contribution in [3.8, 4) is 11.5 Å². The molecule has 0 spiro atoms. The van der Waals surface area contributed by atoms with Crippen LogP contribution in [0.15, 0.2) is 18.2 Å². The number of likely N-dealkylation sites (tertiary alicyclic amines) is 1. The average molecular weight is 320 g/mol. The fraction of sp³-hybridized carbons (Fsp3) is 0.500. The molecule has 0 bridgehead atoms. The number of hydrogen-bond donors (Lipinski definition) is 1. The van der Waals surface area contributed by atoms with E-state index < -0.39 is 6.04 Å². The summed E-state index contributed by atoms with van der Waals surface area (Å²) in [5.41, 5.74) is 0.895. The van der Waals surface area contributed by atoms with E-state index in [1.165, 1.54) is 4.90 Å². The van der Waals surface area contributed by atoms with Gasteiger partial charge in [-0.1, -0.05) is 6.07 Å². The molecule has 2 aliphatic rings. The summed E-state index contributed by atoms with van der Waals surface area (Å²) in [6.45, 7) is 0.736. The molecule has 2 heterocycles. The van der Waals surface area contributed by atoms with Crippen molar-refractivity contribution in [2.75, 3.05) is 27.0 Å². The van der Waals surface area contributed by atoms with Gasteiger partial charge in [0.05, 0.1) is 6.61 Å². The third kappa shape index (κ3) is 3.10. The minimum Gasteiger partial charge on any atom is -0.454 e. The SMILES string of the molecule is CN(CCO)C(=O)C1CCC(=O)N1Cc1ccc2c(c1)OCO2. The summed E-state index contributed by atoms with van der Waals surface area (Å²) >= 11 is 0. The Labute approximate surface area is 134 Å². The van der Waals surface area contributed by atoms with Crippen LogP contribution in [-0.4, -0.2) is 59.8 Å². The van der Waals surface area contributed by atoms with Crippen molar-refractivity contribution >= 4 is 11.8 Å². The van der Waals surface area contributed by atoms with Gasteiger partial charge in [0.15, 0.2) is 11.5 Å². The van der Waals surface area contributed by atoms with Crippen molar-refractivity contribution in [3.63, 3.8) is 0 Å². The highest BCUT2D eigenvalue weighted by Crippen LogP contribution is 2.33.